The fraction of sp³-hybridized carbons (Fsp3) is 0.412. The van der Waals surface area contributed by atoms with Crippen molar-refractivity contribution in [1.82, 2.24) is 19.7 Å². The maximum atomic E-state index is 4.61. The average molecular weight is 329 g/mol. The number of anilines is 1. The Morgan fingerprint density at radius 1 is 1.22 bits per heavy atom. The molecule has 2 heterocycles. The van der Waals surface area contributed by atoms with E-state index in [1.54, 1.807) is 11.3 Å². The predicted octanol–water partition coefficient (Wildman–Crippen LogP) is 2.92. The van der Waals surface area contributed by atoms with Gasteiger partial charge in [-0.3, -0.25) is 0 Å². The Bertz CT molecular complexity index is 727. The standard InChI is InChI=1S/C17H23N5S/c1-13-15-16(22(3)20-13)19-17(23-15)18-10-12-21(2)11-9-14-7-5-4-6-8-14/h4-8H,9-12H2,1-3H3,(H,18,19). The summed E-state index contributed by atoms with van der Waals surface area (Å²) < 4.78 is 3.02. The van der Waals surface area contributed by atoms with Crippen molar-refractivity contribution in [1.29, 1.82) is 0 Å². The molecule has 5 nitrogen and oxygen atoms in total. The second kappa shape index (κ2) is 7.10. The maximum Gasteiger partial charge on any atom is 0.185 e. The first-order valence-corrected chi connectivity index (χ1v) is 8.71. The van der Waals surface area contributed by atoms with Crippen LogP contribution in [-0.2, 0) is 13.5 Å². The van der Waals surface area contributed by atoms with Gasteiger partial charge in [0, 0.05) is 26.7 Å². The summed E-state index contributed by atoms with van der Waals surface area (Å²) in [5, 5.41) is 8.79. The fourth-order valence-corrected chi connectivity index (χ4v) is 3.55. The Balaban J connectivity index is 1.45. The lowest BCUT2D eigenvalue weighted by atomic mass is 10.1. The topological polar surface area (TPSA) is 46.0 Å². The fourth-order valence-electron chi connectivity index (χ4n) is 2.59. The Morgan fingerprint density at radius 3 is 2.74 bits per heavy atom. The molecular weight excluding hydrogens is 306 g/mol. The van der Waals surface area contributed by atoms with Crippen LogP contribution in [-0.4, -0.2) is 46.3 Å². The van der Waals surface area contributed by atoms with E-state index in [-0.39, 0.29) is 0 Å². The highest BCUT2D eigenvalue weighted by atomic mass is 32.1. The Hall–Kier alpha value is -1.92. The van der Waals surface area contributed by atoms with Gasteiger partial charge in [0.05, 0.1) is 10.4 Å². The van der Waals surface area contributed by atoms with Crippen LogP contribution in [0.4, 0.5) is 5.13 Å². The van der Waals surface area contributed by atoms with Gasteiger partial charge in [0.1, 0.15) is 0 Å². The van der Waals surface area contributed by atoms with Crippen molar-refractivity contribution in [2.45, 2.75) is 13.3 Å². The largest absolute Gasteiger partial charge is 0.360 e. The van der Waals surface area contributed by atoms with Crippen LogP contribution in [0.25, 0.3) is 10.3 Å². The quantitative estimate of drug-likeness (QED) is 0.724. The third-order valence-corrected chi connectivity index (χ3v) is 5.05. The SMILES string of the molecule is Cc1nn(C)c2nc(NCCN(C)CCc3ccccc3)sc12. The first kappa shape index (κ1) is 16.0. The number of aromatic nitrogens is 3. The highest BCUT2D eigenvalue weighted by Gasteiger charge is 2.11. The molecule has 0 saturated heterocycles. The number of aryl methyl sites for hydroxylation is 2. The van der Waals surface area contributed by atoms with Crippen molar-refractivity contribution in [2.75, 3.05) is 32.0 Å². The summed E-state index contributed by atoms with van der Waals surface area (Å²) in [5.74, 6) is 0. The molecule has 0 aliphatic heterocycles. The molecule has 3 rings (SSSR count). The van der Waals surface area contributed by atoms with Crippen molar-refractivity contribution in [2.24, 2.45) is 7.05 Å². The minimum Gasteiger partial charge on any atom is -0.360 e. The van der Waals surface area contributed by atoms with E-state index in [0.717, 1.165) is 42.5 Å². The van der Waals surface area contributed by atoms with Gasteiger partial charge in [-0.05, 0) is 26.0 Å². The van der Waals surface area contributed by atoms with Gasteiger partial charge in [-0.1, -0.05) is 41.7 Å². The van der Waals surface area contributed by atoms with Gasteiger partial charge in [-0.25, -0.2) is 9.67 Å². The average Bonchev–Trinajstić information content (AvgIpc) is 3.08. The normalized spacial score (nSPS) is 11.5. The third kappa shape index (κ3) is 3.89. The zero-order chi connectivity index (χ0) is 16.2. The smallest absolute Gasteiger partial charge is 0.185 e. The second-order valence-electron chi connectivity index (χ2n) is 5.85. The molecule has 0 bridgehead atoms. The van der Waals surface area contributed by atoms with E-state index in [4.69, 9.17) is 0 Å². The second-order valence-corrected chi connectivity index (χ2v) is 6.85. The van der Waals surface area contributed by atoms with E-state index in [1.165, 1.54) is 10.3 Å². The molecule has 23 heavy (non-hydrogen) atoms. The van der Waals surface area contributed by atoms with E-state index in [2.05, 4.69) is 57.7 Å². The van der Waals surface area contributed by atoms with Crippen molar-refractivity contribution in [3.05, 3.63) is 41.6 Å². The van der Waals surface area contributed by atoms with E-state index in [1.807, 2.05) is 18.7 Å². The minimum atomic E-state index is 0.900. The molecular formula is C17H23N5S. The molecule has 6 heteroatoms. The maximum absolute atomic E-state index is 4.61. The summed E-state index contributed by atoms with van der Waals surface area (Å²) in [6.07, 6.45) is 1.09. The number of benzene rings is 1. The molecule has 0 unspecified atom stereocenters. The summed E-state index contributed by atoms with van der Waals surface area (Å²) in [5.41, 5.74) is 3.40. The van der Waals surface area contributed by atoms with E-state index in [0.29, 0.717) is 0 Å². The minimum absolute atomic E-state index is 0.900. The number of hydrogen-bond donors (Lipinski definition) is 1. The lowest BCUT2D eigenvalue weighted by Gasteiger charge is -2.16. The molecule has 3 aromatic rings. The van der Waals surface area contributed by atoms with Crippen molar-refractivity contribution in [3.63, 3.8) is 0 Å². The predicted molar refractivity (Wildman–Crippen MR) is 97.3 cm³/mol. The summed E-state index contributed by atoms with van der Waals surface area (Å²) in [6.45, 7) is 4.99. The lowest BCUT2D eigenvalue weighted by molar-refractivity contribution is 0.351. The molecule has 1 aromatic carbocycles. The van der Waals surface area contributed by atoms with Crippen LogP contribution in [0.3, 0.4) is 0 Å². The summed E-state index contributed by atoms with van der Waals surface area (Å²) in [4.78, 5) is 6.96. The zero-order valence-corrected chi connectivity index (χ0v) is 14.7. The lowest BCUT2D eigenvalue weighted by Crippen LogP contribution is -2.27. The van der Waals surface area contributed by atoms with Crippen molar-refractivity contribution in [3.8, 4) is 0 Å². The summed E-state index contributed by atoms with van der Waals surface area (Å²) in [6, 6.07) is 10.6. The van der Waals surface area contributed by atoms with Crippen molar-refractivity contribution < 1.29 is 0 Å². The number of fused-ring (bicyclic) bond motifs is 1. The van der Waals surface area contributed by atoms with Gasteiger partial charge in [-0.2, -0.15) is 5.10 Å². The Morgan fingerprint density at radius 2 is 2.00 bits per heavy atom. The molecule has 0 saturated carbocycles. The Labute approximate surface area is 141 Å². The number of likely N-dealkylation sites (N-methyl/N-ethyl adjacent to an activating group) is 1. The highest BCUT2D eigenvalue weighted by Crippen LogP contribution is 2.27. The summed E-state index contributed by atoms with van der Waals surface area (Å²) >= 11 is 1.68. The van der Waals surface area contributed by atoms with Crippen LogP contribution in [0.5, 0.6) is 0 Å². The van der Waals surface area contributed by atoms with Crippen LogP contribution in [0, 0.1) is 6.92 Å². The van der Waals surface area contributed by atoms with Gasteiger partial charge in [0.25, 0.3) is 0 Å². The number of nitrogens with zero attached hydrogens (tertiary/aromatic N) is 4. The molecule has 0 fully saturated rings. The monoisotopic (exact) mass is 329 g/mol. The molecule has 0 atom stereocenters. The van der Waals surface area contributed by atoms with Crippen LogP contribution in [0.15, 0.2) is 30.3 Å². The molecule has 1 N–H and O–H groups in total. The van der Waals surface area contributed by atoms with Crippen LogP contribution in [0.2, 0.25) is 0 Å². The number of thiazole rings is 1. The zero-order valence-electron chi connectivity index (χ0n) is 13.9. The first-order valence-electron chi connectivity index (χ1n) is 7.90. The molecule has 0 aliphatic rings. The van der Waals surface area contributed by atoms with Crippen molar-refractivity contribution >= 4 is 26.8 Å². The van der Waals surface area contributed by atoms with E-state index < -0.39 is 0 Å². The van der Waals surface area contributed by atoms with Gasteiger partial charge < -0.3 is 10.2 Å². The van der Waals surface area contributed by atoms with Gasteiger partial charge in [-0.15, -0.1) is 0 Å². The third-order valence-electron chi connectivity index (χ3n) is 3.94. The summed E-state index contributed by atoms with van der Waals surface area (Å²) in [7, 11) is 4.10. The van der Waals surface area contributed by atoms with Gasteiger partial charge in [0.15, 0.2) is 10.8 Å². The van der Waals surface area contributed by atoms with E-state index in [9.17, 15) is 0 Å². The first-order chi connectivity index (χ1) is 11.1. The molecule has 2 aromatic heterocycles. The molecule has 122 valence electrons. The van der Waals surface area contributed by atoms with E-state index >= 15 is 0 Å². The number of nitrogens with one attached hydrogen (secondary N) is 1. The molecule has 0 radical (unpaired) electrons. The van der Waals surface area contributed by atoms with Crippen LogP contribution >= 0.6 is 11.3 Å². The molecule has 0 spiro atoms. The number of hydrogen-bond acceptors (Lipinski definition) is 5. The Kier molecular flexibility index (Phi) is 4.93. The molecule has 0 aliphatic carbocycles. The van der Waals surface area contributed by atoms with Gasteiger partial charge in [0.2, 0.25) is 0 Å². The van der Waals surface area contributed by atoms with Gasteiger partial charge >= 0.3 is 0 Å². The number of rotatable bonds is 7. The van der Waals surface area contributed by atoms with Crippen LogP contribution in [0.1, 0.15) is 11.3 Å². The highest BCUT2D eigenvalue weighted by molar-refractivity contribution is 7.22. The van der Waals surface area contributed by atoms with Crippen LogP contribution < -0.4 is 5.32 Å². The molecule has 0 amide bonds.